The first-order valence-electron chi connectivity index (χ1n) is 21.5. The molecule has 1 saturated carbocycles. The zero-order valence-electron chi connectivity index (χ0n) is 34.8. The van der Waals surface area contributed by atoms with Crippen LogP contribution >= 0.6 is 11.6 Å². The van der Waals surface area contributed by atoms with Crippen molar-refractivity contribution in [2.75, 3.05) is 54.9 Å². The first kappa shape index (κ1) is 41.5. The Morgan fingerprint density at radius 3 is 2.44 bits per heavy atom. The summed E-state index contributed by atoms with van der Waals surface area (Å²) >= 11 is 6.52. The second-order valence-electron chi connectivity index (χ2n) is 17.9. The summed E-state index contributed by atoms with van der Waals surface area (Å²) in [6.45, 7) is 1.56. The third kappa shape index (κ3) is 7.72. The van der Waals surface area contributed by atoms with E-state index in [1.54, 1.807) is 4.68 Å². The monoisotopic (exact) mass is 890 g/mol. The molecule has 2 amide bonds. The Balaban J connectivity index is 0.787. The van der Waals surface area contributed by atoms with Crippen LogP contribution in [0.5, 0.6) is 5.75 Å². The van der Waals surface area contributed by atoms with Gasteiger partial charge in [-0.2, -0.15) is 10.1 Å². The van der Waals surface area contributed by atoms with Gasteiger partial charge in [0, 0.05) is 69.8 Å². The Labute approximate surface area is 364 Å². The number of nitrogens with one attached hydrogen (secondary N) is 3. The van der Waals surface area contributed by atoms with Crippen molar-refractivity contribution in [3.05, 3.63) is 69.0 Å². The molecule has 332 valence electrons. The zero-order chi connectivity index (χ0) is 43.9. The highest BCUT2D eigenvalue weighted by atomic mass is 35.5. The summed E-state index contributed by atoms with van der Waals surface area (Å²) in [5, 5.41) is 14.3. The number of pyridine rings is 1. The lowest BCUT2D eigenvalue weighted by atomic mass is 9.86. The Bertz CT molecular complexity index is 2730. The van der Waals surface area contributed by atoms with Gasteiger partial charge in [0.2, 0.25) is 23.5 Å². The molecule has 1 aliphatic carbocycles. The van der Waals surface area contributed by atoms with Crippen LogP contribution in [-0.4, -0.2) is 98.0 Å². The van der Waals surface area contributed by atoms with Gasteiger partial charge in [0.25, 0.3) is 5.56 Å². The van der Waals surface area contributed by atoms with Crippen molar-refractivity contribution in [1.29, 1.82) is 0 Å². The number of alkyl halides is 3. The molecular weight excluding hydrogens is 844 g/mol. The highest BCUT2D eigenvalue weighted by Gasteiger charge is 2.51. The fourth-order valence-corrected chi connectivity index (χ4v) is 10.0. The number of hydrogen-bond acceptors (Lipinski definition) is 11. The normalized spacial score (nSPS) is 22.9. The number of anilines is 4. The summed E-state index contributed by atoms with van der Waals surface area (Å²) in [7, 11) is 3.29. The molecular formula is C44H47ClF4N10O4. The van der Waals surface area contributed by atoms with Crippen molar-refractivity contribution < 1.29 is 31.9 Å². The van der Waals surface area contributed by atoms with Crippen molar-refractivity contribution in [2.24, 2.45) is 20.0 Å². The van der Waals surface area contributed by atoms with Gasteiger partial charge in [0.15, 0.2) is 12.4 Å². The molecule has 14 nitrogen and oxygen atoms in total. The number of nitrogens with zero attached hydrogens (tertiary/aromatic N) is 7. The number of aromatic nitrogens is 5. The number of aryl methyl sites for hydroxylation is 2. The first-order valence-corrected chi connectivity index (χ1v) is 21.9. The highest BCUT2D eigenvalue weighted by molar-refractivity contribution is 6.33. The van der Waals surface area contributed by atoms with Crippen molar-refractivity contribution in [2.45, 2.75) is 80.8 Å². The van der Waals surface area contributed by atoms with E-state index in [0.29, 0.717) is 61.8 Å². The number of imide groups is 1. The van der Waals surface area contributed by atoms with E-state index in [1.165, 1.54) is 29.4 Å². The van der Waals surface area contributed by atoms with Gasteiger partial charge in [-0.3, -0.25) is 24.4 Å². The maximum Gasteiger partial charge on any atom is 0.301 e. The van der Waals surface area contributed by atoms with E-state index < -0.39 is 41.5 Å². The lowest BCUT2D eigenvalue weighted by Crippen LogP contribution is -2.50. The predicted molar refractivity (Wildman–Crippen MR) is 230 cm³/mol. The predicted octanol–water partition coefficient (Wildman–Crippen LogP) is 6.68. The zero-order valence-corrected chi connectivity index (χ0v) is 35.6. The fourth-order valence-electron chi connectivity index (χ4n) is 9.90. The van der Waals surface area contributed by atoms with E-state index in [9.17, 15) is 14.4 Å². The number of likely N-dealkylation sites (tertiary alicyclic amines) is 1. The van der Waals surface area contributed by atoms with E-state index >= 15 is 17.6 Å². The molecule has 2 aromatic carbocycles. The van der Waals surface area contributed by atoms with Gasteiger partial charge in [-0.15, -0.1) is 0 Å². The van der Waals surface area contributed by atoms with Gasteiger partial charge >= 0.3 is 5.92 Å². The van der Waals surface area contributed by atoms with E-state index in [2.05, 4.69) is 48.0 Å². The quantitative estimate of drug-likeness (QED) is 0.113. The molecule has 5 aromatic rings. The van der Waals surface area contributed by atoms with E-state index in [1.807, 2.05) is 18.0 Å². The van der Waals surface area contributed by atoms with Gasteiger partial charge in [-0.1, -0.05) is 23.7 Å². The van der Waals surface area contributed by atoms with Crippen LogP contribution in [-0.2, 0) is 23.7 Å². The molecule has 3 aromatic heterocycles. The number of halogens is 5. The smallest absolute Gasteiger partial charge is 0.301 e. The topological polar surface area (TPSA) is 152 Å². The van der Waals surface area contributed by atoms with Crippen LogP contribution in [0.3, 0.4) is 0 Å². The second-order valence-corrected chi connectivity index (χ2v) is 18.3. The van der Waals surface area contributed by atoms with Gasteiger partial charge in [0.05, 0.1) is 46.3 Å². The largest absolute Gasteiger partial charge is 0.480 e. The molecule has 3 N–H and O–H groups in total. The molecule has 19 heteroatoms. The van der Waals surface area contributed by atoms with Crippen LogP contribution in [0.4, 0.5) is 40.7 Å². The number of benzene rings is 2. The number of rotatable bonds is 8. The molecule has 3 saturated heterocycles. The van der Waals surface area contributed by atoms with Crippen LogP contribution in [0.25, 0.3) is 21.8 Å². The number of ether oxygens (including phenoxy) is 1. The Kier molecular flexibility index (Phi) is 10.3. The van der Waals surface area contributed by atoms with Crippen LogP contribution in [0.1, 0.15) is 74.5 Å². The fraction of sp³-hybridized carbons (Fsp3) is 0.500. The van der Waals surface area contributed by atoms with Crippen LogP contribution < -0.4 is 31.1 Å². The SMILES string of the molecule is Cn1nc(C2CCC(=O)NC2=O)c2ccc(C3CCN(CC4(F)CCN(c5ncc(Cl)c(Nc6cc7c8c(c(=O)n(C)c7cc6F)OCC(F)(F)[C@H](C6CC6)N8)n5)CC4)CC3)cc21. The third-order valence-electron chi connectivity index (χ3n) is 13.7. The summed E-state index contributed by atoms with van der Waals surface area (Å²) < 4.78 is 71.0. The third-order valence-corrected chi connectivity index (χ3v) is 13.9. The van der Waals surface area contributed by atoms with Gasteiger partial charge < -0.3 is 29.7 Å². The number of piperidine rings is 3. The van der Waals surface area contributed by atoms with Crippen molar-refractivity contribution in [3.63, 3.8) is 0 Å². The van der Waals surface area contributed by atoms with E-state index in [4.69, 9.17) is 16.3 Å². The van der Waals surface area contributed by atoms with E-state index in [0.717, 1.165) is 42.9 Å². The molecule has 63 heavy (non-hydrogen) atoms. The molecule has 2 atom stereocenters. The summed E-state index contributed by atoms with van der Waals surface area (Å²) in [5.74, 6) is -4.84. The lowest BCUT2D eigenvalue weighted by Gasteiger charge is -2.41. The number of carbonyl (C=O) groups is 2. The highest BCUT2D eigenvalue weighted by Crippen LogP contribution is 2.46. The molecule has 0 bridgehead atoms. The maximum absolute atomic E-state index is 16.5. The Morgan fingerprint density at radius 1 is 0.952 bits per heavy atom. The minimum atomic E-state index is -3.23. The summed E-state index contributed by atoms with van der Waals surface area (Å²) in [5.41, 5.74) is 0.945. The lowest BCUT2D eigenvalue weighted by molar-refractivity contribution is -0.134. The van der Waals surface area contributed by atoms with Gasteiger partial charge in [-0.05, 0) is 74.7 Å². The Hall–Kier alpha value is -5.49. The summed E-state index contributed by atoms with van der Waals surface area (Å²) in [6.07, 6.45) is 5.63. The molecule has 10 rings (SSSR count). The molecule has 7 heterocycles. The minimum absolute atomic E-state index is 0.0580. The van der Waals surface area contributed by atoms with Crippen molar-refractivity contribution in [3.8, 4) is 5.75 Å². The van der Waals surface area contributed by atoms with Crippen LogP contribution in [0, 0.1) is 11.7 Å². The van der Waals surface area contributed by atoms with E-state index in [-0.39, 0.29) is 70.5 Å². The molecule has 4 fully saturated rings. The molecule has 4 aliphatic heterocycles. The average molecular weight is 891 g/mol. The van der Waals surface area contributed by atoms with Crippen molar-refractivity contribution >= 4 is 68.4 Å². The van der Waals surface area contributed by atoms with Crippen molar-refractivity contribution in [1.82, 2.24) is 34.5 Å². The maximum atomic E-state index is 16.5. The number of carbonyl (C=O) groups excluding carboxylic acids is 2. The number of amides is 2. The summed E-state index contributed by atoms with van der Waals surface area (Å²) in [4.78, 5) is 50.6. The minimum Gasteiger partial charge on any atom is -0.480 e. The standard InChI is InChI=1S/C44H47ClF4N10O4/c1-56-32-19-30(46)31(18-28(32)36-37(41(56)62)63-22-44(48,49)38(53-36)24-3-4-24)51-39-29(45)20-50-42(54-39)59-15-11-43(47,12-16-59)21-58-13-9-23(10-14-58)25-5-6-26-33(17-25)57(2)55-35(26)27-7-8-34(60)52-40(27)61/h5-6,17-20,23-24,27,38,53H,3-4,7-16,21-22H2,1-2H3,(H,50,51,54)(H,52,60,61)/t27?,38-/m0/s1. The molecule has 1 unspecified atom stereocenters. The van der Waals surface area contributed by atoms with Crippen LogP contribution in [0.15, 0.2) is 41.3 Å². The van der Waals surface area contributed by atoms with Gasteiger partial charge in [0.1, 0.15) is 16.5 Å². The Morgan fingerprint density at radius 2 is 1.71 bits per heavy atom. The average Bonchev–Trinajstić information content (AvgIpc) is 4.06. The molecule has 0 spiro atoms. The number of hydrogen-bond donors (Lipinski definition) is 3. The molecule has 5 aliphatic rings. The number of fused-ring (bicyclic) bond motifs is 4. The molecule has 0 radical (unpaired) electrons. The summed E-state index contributed by atoms with van der Waals surface area (Å²) in [6, 6.07) is 7.60. The second kappa shape index (κ2) is 15.6. The first-order chi connectivity index (χ1) is 30.1. The van der Waals surface area contributed by atoms with Crippen LogP contribution in [0.2, 0.25) is 5.02 Å². The van der Waals surface area contributed by atoms with Gasteiger partial charge in [-0.25, -0.2) is 22.5 Å².